The van der Waals surface area contributed by atoms with Crippen molar-refractivity contribution in [3.05, 3.63) is 29.0 Å². The van der Waals surface area contributed by atoms with Gasteiger partial charge in [-0.2, -0.15) is 0 Å². The summed E-state index contributed by atoms with van der Waals surface area (Å²) < 4.78 is 0. The van der Waals surface area contributed by atoms with Crippen LogP contribution in [0, 0.1) is 0 Å². The molecule has 0 unspecified atom stereocenters. The van der Waals surface area contributed by atoms with Crippen molar-refractivity contribution < 1.29 is 4.79 Å². The number of carbonyl (C=O) groups excluding carboxylic acids is 1. The van der Waals surface area contributed by atoms with E-state index in [2.05, 4.69) is 21.8 Å². The van der Waals surface area contributed by atoms with E-state index < -0.39 is 0 Å². The van der Waals surface area contributed by atoms with Gasteiger partial charge in [0.25, 0.3) is 0 Å². The number of nitrogens with zero attached hydrogens (tertiary/aromatic N) is 3. The quantitative estimate of drug-likeness (QED) is 0.599. The second-order valence-electron chi connectivity index (χ2n) is 4.37. The van der Waals surface area contributed by atoms with Gasteiger partial charge in [-0.05, 0) is 19.2 Å². The Morgan fingerprint density at radius 3 is 2.76 bits per heavy atom. The summed E-state index contributed by atoms with van der Waals surface area (Å²) in [7, 11) is 2.10. The van der Waals surface area contributed by atoms with Gasteiger partial charge in [0, 0.05) is 37.9 Å². The summed E-state index contributed by atoms with van der Waals surface area (Å²) in [6.07, 6.45) is 1.57. The normalized spacial score (nSPS) is 18.2. The van der Waals surface area contributed by atoms with Crippen LogP contribution in [-0.2, 0) is 0 Å². The Hall–Kier alpha value is -0.970. The van der Waals surface area contributed by atoms with Gasteiger partial charge in [-0.15, -0.1) is 0 Å². The van der Waals surface area contributed by atoms with E-state index in [-0.39, 0.29) is 5.78 Å². The van der Waals surface area contributed by atoms with Gasteiger partial charge < -0.3 is 4.90 Å². The first-order valence-electron chi connectivity index (χ1n) is 5.71. The highest BCUT2D eigenvalue weighted by molar-refractivity contribution is 6.29. The molecule has 2 rings (SSSR count). The Morgan fingerprint density at radius 2 is 2.12 bits per heavy atom. The molecule has 2 heterocycles. The Bertz CT molecular complexity index is 402. The highest BCUT2D eigenvalue weighted by atomic mass is 35.5. The third kappa shape index (κ3) is 3.49. The van der Waals surface area contributed by atoms with E-state index in [9.17, 15) is 4.79 Å². The lowest BCUT2D eigenvalue weighted by molar-refractivity contribution is 0.0876. The summed E-state index contributed by atoms with van der Waals surface area (Å²) >= 11 is 5.77. The molecule has 17 heavy (non-hydrogen) atoms. The summed E-state index contributed by atoms with van der Waals surface area (Å²) in [6.45, 7) is 4.39. The number of hydrogen-bond donors (Lipinski definition) is 0. The van der Waals surface area contributed by atoms with Gasteiger partial charge in [0.05, 0.1) is 6.54 Å². The zero-order valence-electron chi connectivity index (χ0n) is 9.90. The Kier molecular flexibility index (Phi) is 4.10. The van der Waals surface area contributed by atoms with E-state index in [4.69, 9.17) is 11.6 Å². The van der Waals surface area contributed by atoms with Crippen molar-refractivity contribution in [2.75, 3.05) is 39.8 Å². The maximum Gasteiger partial charge on any atom is 0.176 e. The second kappa shape index (κ2) is 5.58. The van der Waals surface area contributed by atoms with E-state index in [1.54, 1.807) is 18.3 Å². The van der Waals surface area contributed by atoms with Crippen molar-refractivity contribution in [2.45, 2.75) is 0 Å². The number of rotatable bonds is 3. The molecule has 92 valence electrons. The fourth-order valence-corrected chi connectivity index (χ4v) is 2.05. The SMILES string of the molecule is CN1CCN(CC(=O)c2ccnc(Cl)c2)CC1. The van der Waals surface area contributed by atoms with E-state index in [0.717, 1.165) is 26.2 Å². The van der Waals surface area contributed by atoms with Crippen molar-refractivity contribution in [2.24, 2.45) is 0 Å². The summed E-state index contributed by atoms with van der Waals surface area (Å²) in [5.41, 5.74) is 0.643. The molecule has 1 fully saturated rings. The molecule has 1 saturated heterocycles. The highest BCUT2D eigenvalue weighted by Gasteiger charge is 2.17. The molecule has 1 aromatic heterocycles. The number of ketones is 1. The number of aromatic nitrogens is 1. The first-order chi connectivity index (χ1) is 8.15. The Balaban J connectivity index is 1.93. The number of halogens is 1. The molecule has 0 saturated carbocycles. The molecule has 0 amide bonds. The zero-order chi connectivity index (χ0) is 12.3. The summed E-state index contributed by atoms with van der Waals surface area (Å²) in [4.78, 5) is 20.3. The van der Waals surface area contributed by atoms with Crippen LogP contribution in [-0.4, -0.2) is 60.3 Å². The van der Waals surface area contributed by atoms with Crippen molar-refractivity contribution in [1.29, 1.82) is 0 Å². The molecule has 1 aliphatic heterocycles. The molecule has 0 bridgehead atoms. The van der Waals surface area contributed by atoms with Crippen LogP contribution in [0.3, 0.4) is 0 Å². The molecule has 0 spiro atoms. The minimum atomic E-state index is 0.110. The zero-order valence-corrected chi connectivity index (χ0v) is 10.7. The smallest absolute Gasteiger partial charge is 0.176 e. The molecule has 1 aromatic rings. The van der Waals surface area contributed by atoms with Gasteiger partial charge in [0.2, 0.25) is 0 Å². The summed E-state index contributed by atoms with van der Waals surface area (Å²) in [5.74, 6) is 0.110. The van der Waals surface area contributed by atoms with Gasteiger partial charge in [0.1, 0.15) is 5.15 Å². The standard InChI is InChI=1S/C12H16ClN3O/c1-15-4-6-16(7-5-15)9-11(17)10-2-3-14-12(13)8-10/h2-3,8H,4-7,9H2,1H3. The van der Waals surface area contributed by atoms with E-state index in [0.29, 0.717) is 17.3 Å². The fraction of sp³-hybridized carbons (Fsp3) is 0.500. The minimum absolute atomic E-state index is 0.110. The van der Waals surface area contributed by atoms with Crippen molar-refractivity contribution in [3.8, 4) is 0 Å². The Labute approximate surface area is 106 Å². The number of Topliss-reactive ketones (excluding diaryl/α,β-unsaturated/α-hetero) is 1. The third-order valence-corrected chi connectivity index (χ3v) is 3.22. The number of carbonyl (C=O) groups is 1. The van der Waals surface area contributed by atoms with Crippen molar-refractivity contribution >= 4 is 17.4 Å². The predicted octanol–water partition coefficient (Wildman–Crippen LogP) is 1.17. The lowest BCUT2D eigenvalue weighted by atomic mass is 10.1. The number of pyridine rings is 1. The average molecular weight is 254 g/mol. The molecular formula is C12H16ClN3O. The number of piperazine rings is 1. The van der Waals surface area contributed by atoms with Crippen LogP contribution in [0.25, 0.3) is 0 Å². The molecule has 5 heteroatoms. The van der Waals surface area contributed by atoms with E-state index >= 15 is 0 Å². The van der Waals surface area contributed by atoms with Crippen LogP contribution in [0.1, 0.15) is 10.4 Å². The van der Waals surface area contributed by atoms with Crippen LogP contribution < -0.4 is 0 Å². The van der Waals surface area contributed by atoms with Crippen LogP contribution in [0.4, 0.5) is 0 Å². The van der Waals surface area contributed by atoms with E-state index in [1.807, 2.05) is 0 Å². The van der Waals surface area contributed by atoms with Crippen LogP contribution in [0.15, 0.2) is 18.3 Å². The lowest BCUT2D eigenvalue weighted by Crippen LogP contribution is -2.46. The first-order valence-corrected chi connectivity index (χ1v) is 6.08. The summed E-state index contributed by atoms with van der Waals surface area (Å²) in [5, 5.41) is 0.370. The second-order valence-corrected chi connectivity index (χ2v) is 4.76. The van der Waals surface area contributed by atoms with Crippen LogP contribution >= 0.6 is 11.6 Å². The van der Waals surface area contributed by atoms with Gasteiger partial charge in [-0.3, -0.25) is 9.69 Å². The number of likely N-dealkylation sites (N-methyl/N-ethyl adjacent to an activating group) is 1. The van der Waals surface area contributed by atoms with Crippen molar-refractivity contribution in [3.63, 3.8) is 0 Å². The topological polar surface area (TPSA) is 36.4 Å². The number of hydrogen-bond acceptors (Lipinski definition) is 4. The molecule has 0 aliphatic carbocycles. The predicted molar refractivity (Wildman–Crippen MR) is 67.5 cm³/mol. The minimum Gasteiger partial charge on any atom is -0.304 e. The van der Waals surface area contributed by atoms with Crippen LogP contribution in [0.2, 0.25) is 5.15 Å². The fourth-order valence-electron chi connectivity index (χ4n) is 1.88. The lowest BCUT2D eigenvalue weighted by Gasteiger charge is -2.31. The van der Waals surface area contributed by atoms with E-state index in [1.165, 1.54) is 0 Å². The van der Waals surface area contributed by atoms with Gasteiger partial charge >= 0.3 is 0 Å². The third-order valence-electron chi connectivity index (χ3n) is 3.01. The maximum absolute atomic E-state index is 12.0. The molecule has 0 atom stereocenters. The largest absolute Gasteiger partial charge is 0.304 e. The first kappa shape index (κ1) is 12.5. The molecule has 0 N–H and O–H groups in total. The summed E-state index contributed by atoms with van der Waals surface area (Å²) in [6, 6.07) is 3.34. The highest BCUT2D eigenvalue weighted by Crippen LogP contribution is 2.09. The average Bonchev–Trinajstić information content (AvgIpc) is 2.32. The molecular weight excluding hydrogens is 238 g/mol. The van der Waals surface area contributed by atoms with Gasteiger partial charge in [0.15, 0.2) is 5.78 Å². The molecule has 0 radical (unpaired) electrons. The monoisotopic (exact) mass is 253 g/mol. The maximum atomic E-state index is 12.0. The molecule has 4 nitrogen and oxygen atoms in total. The molecule has 1 aliphatic rings. The van der Waals surface area contributed by atoms with Crippen LogP contribution in [0.5, 0.6) is 0 Å². The van der Waals surface area contributed by atoms with Crippen molar-refractivity contribution in [1.82, 2.24) is 14.8 Å². The van der Waals surface area contributed by atoms with Gasteiger partial charge in [-0.1, -0.05) is 11.6 Å². The van der Waals surface area contributed by atoms with Gasteiger partial charge in [-0.25, -0.2) is 4.98 Å². The molecule has 0 aromatic carbocycles. The Morgan fingerprint density at radius 1 is 1.41 bits per heavy atom.